The Balaban J connectivity index is 1.60. The molecule has 2 aliphatic rings. The van der Waals surface area contributed by atoms with Crippen LogP contribution in [0, 0.1) is 0 Å². The SMILES string of the molecule is O=C1c2ccccc2C(=O)N1CCC[C@H]1CCCO1. The Labute approximate surface area is 112 Å². The second-order valence-electron chi connectivity index (χ2n) is 5.08. The summed E-state index contributed by atoms with van der Waals surface area (Å²) in [6.07, 6.45) is 4.28. The van der Waals surface area contributed by atoms with E-state index in [2.05, 4.69) is 0 Å². The molecule has 0 unspecified atom stereocenters. The molecule has 0 spiro atoms. The number of fused-ring (bicyclic) bond motifs is 1. The van der Waals surface area contributed by atoms with Crippen molar-refractivity contribution in [2.24, 2.45) is 0 Å². The molecule has 0 N–H and O–H groups in total. The normalized spacial score (nSPS) is 22.1. The molecule has 2 heterocycles. The largest absolute Gasteiger partial charge is 0.378 e. The third-order valence-electron chi connectivity index (χ3n) is 3.81. The zero-order valence-corrected chi connectivity index (χ0v) is 10.8. The van der Waals surface area contributed by atoms with Gasteiger partial charge in [0.1, 0.15) is 0 Å². The van der Waals surface area contributed by atoms with Gasteiger partial charge in [0.05, 0.1) is 17.2 Å². The second kappa shape index (κ2) is 5.13. The molecule has 4 heteroatoms. The Morgan fingerprint density at radius 3 is 2.42 bits per heavy atom. The van der Waals surface area contributed by atoms with Crippen molar-refractivity contribution in [1.29, 1.82) is 0 Å². The average molecular weight is 259 g/mol. The molecule has 0 aromatic heterocycles. The van der Waals surface area contributed by atoms with E-state index in [1.165, 1.54) is 4.90 Å². The number of hydrogen-bond acceptors (Lipinski definition) is 3. The van der Waals surface area contributed by atoms with E-state index in [0.717, 1.165) is 32.3 Å². The van der Waals surface area contributed by atoms with Crippen LogP contribution < -0.4 is 0 Å². The summed E-state index contributed by atoms with van der Waals surface area (Å²) in [7, 11) is 0. The fraction of sp³-hybridized carbons (Fsp3) is 0.467. The van der Waals surface area contributed by atoms with Gasteiger partial charge in [-0.05, 0) is 37.8 Å². The number of carbonyl (C=O) groups excluding carboxylic acids is 2. The van der Waals surface area contributed by atoms with E-state index in [4.69, 9.17) is 4.74 Å². The van der Waals surface area contributed by atoms with Crippen LogP contribution in [0.15, 0.2) is 24.3 Å². The Kier molecular flexibility index (Phi) is 3.34. The summed E-state index contributed by atoms with van der Waals surface area (Å²) in [6.45, 7) is 1.34. The van der Waals surface area contributed by atoms with E-state index in [1.807, 2.05) is 0 Å². The van der Waals surface area contributed by atoms with Crippen molar-refractivity contribution in [2.75, 3.05) is 13.2 Å². The Bertz CT molecular complexity index is 471. The summed E-state index contributed by atoms with van der Waals surface area (Å²) in [5.41, 5.74) is 1.06. The Hall–Kier alpha value is -1.68. The first kappa shape index (κ1) is 12.4. The second-order valence-corrected chi connectivity index (χ2v) is 5.08. The number of nitrogens with zero attached hydrogens (tertiary/aromatic N) is 1. The summed E-state index contributed by atoms with van der Waals surface area (Å²) >= 11 is 0. The maximum atomic E-state index is 12.1. The lowest BCUT2D eigenvalue weighted by atomic mass is 10.1. The van der Waals surface area contributed by atoms with Gasteiger partial charge in [-0.3, -0.25) is 14.5 Å². The number of amides is 2. The van der Waals surface area contributed by atoms with Gasteiger partial charge in [-0.15, -0.1) is 0 Å². The summed E-state index contributed by atoms with van der Waals surface area (Å²) in [5, 5.41) is 0. The third-order valence-corrected chi connectivity index (χ3v) is 3.81. The molecule has 4 nitrogen and oxygen atoms in total. The minimum absolute atomic E-state index is 0.159. The predicted molar refractivity (Wildman–Crippen MR) is 70.0 cm³/mol. The van der Waals surface area contributed by atoms with Crippen LogP contribution in [0.3, 0.4) is 0 Å². The monoisotopic (exact) mass is 259 g/mol. The van der Waals surface area contributed by atoms with Gasteiger partial charge in [-0.25, -0.2) is 0 Å². The maximum absolute atomic E-state index is 12.1. The molecule has 0 bridgehead atoms. The quantitative estimate of drug-likeness (QED) is 0.779. The molecule has 0 aliphatic carbocycles. The van der Waals surface area contributed by atoms with Crippen molar-refractivity contribution < 1.29 is 14.3 Å². The van der Waals surface area contributed by atoms with Gasteiger partial charge in [-0.2, -0.15) is 0 Å². The number of ether oxygens (including phenoxy) is 1. The molecule has 100 valence electrons. The lowest BCUT2D eigenvalue weighted by Gasteiger charge is -2.15. The van der Waals surface area contributed by atoms with Crippen molar-refractivity contribution in [2.45, 2.75) is 31.8 Å². The Morgan fingerprint density at radius 2 is 1.84 bits per heavy atom. The highest BCUT2D eigenvalue weighted by Crippen LogP contribution is 2.23. The van der Waals surface area contributed by atoms with Crippen LogP contribution in [0.4, 0.5) is 0 Å². The number of benzene rings is 1. The van der Waals surface area contributed by atoms with E-state index in [-0.39, 0.29) is 11.8 Å². The molecule has 1 saturated heterocycles. The van der Waals surface area contributed by atoms with Gasteiger partial charge in [0, 0.05) is 13.2 Å². The fourth-order valence-electron chi connectivity index (χ4n) is 2.79. The molecule has 1 atom stereocenters. The summed E-state index contributed by atoms with van der Waals surface area (Å²) < 4.78 is 5.54. The minimum Gasteiger partial charge on any atom is -0.378 e. The van der Waals surface area contributed by atoms with Crippen LogP contribution in [0.5, 0.6) is 0 Å². The van der Waals surface area contributed by atoms with E-state index in [0.29, 0.717) is 23.8 Å². The standard InChI is InChI=1S/C15H17NO3/c17-14-12-7-1-2-8-13(12)15(18)16(14)9-3-5-11-6-4-10-19-11/h1-2,7-8,11H,3-6,9-10H2/t11-/m0/s1. The van der Waals surface area contributed by atoms with Crippen LogP contribution in [-0.4, -0.2) is 36.0 Å². The summed E-state index contributed by atoms with van der Waals surface area (Å²) in [4.78, 5) is 25.6. The number of carbonyl (C=O) groups is 2. The molecule has 1 aromatic carbocycles. The summed E-state index contributed by atoms with van der Waals surface area (Å²) in [6, 6.07) is 7.02. The smallest absolute Gasteiger partial charge is 0.261 e. The highest BCUT2D eigenvalue weighted by Gasteiger charge is 2.34. The summed E-state index contributed by atoms with van der Waals surface area (Å²) in [5.74, 6) is -0.319. The maximum Gasteiger partial charge on any atom is 0.261 e. The highest BCUT2D eigenvalue weighted by atomic mass is 16.5. The number of imide groups is 1. The first-order valence-electron chi connectivity index (χ1n) is 6.84. The number of rotatable bonds is 4. The molecule has 3 rings (SSSR count). The van der Waals surface area contributed by atoms with Gasteiger partial charge in [0.2, 0.25) is 0 Å². The van der Waals surface area contributed by atoms with Crippen LogP contribution in [0.1, 0.15) is 46.4 Å². The first-order chi connectivity index (χ1) is 9.27. The topological polar surface area (TPSA) is 46.6 Å². The zero-order chi connectivity index (χ0) is 13.2. The van der Waals surface area contributed by atoms with Gasteiger partial charge in [-0.1, -0.05) is 12.1 Å². The van der Waals surface area contributed by atoms with Gasteiger partial charge < -0.3 is 4.74 Å². The zero-order valence-electron chi connectivity index (χ0n) is 10.8. The van der Waals surface area contributed by atoms with Crippen molar-refractivity contribution in [3.8, 4) is 0 Å². The molecule has 19 heavy (non-hydrogen) atoms. The van der Waals surface area contributed by atoms with Gasteiger partial charge >= 0.3 is 0 Å². The minimum atomic E-state index is -0.159. The predicted octanol–water partition coefficient (Wildman–Crippen LogP) is 2.24. The van der Waals surface area contributed by atoms with Crippen LogP contribution in [0.25, 0.3) is 0 Å². The number of hydrogen-bond donors (Lipinski definition) is 0. The van der Waals surface area contributed by atoms with Crippen molar-refractivity contribution >= 4 is 11.8 Å². The van der Waals surface area contributed by atoms with Crippen molar-refractivity contribution in [1.82, 2.24) is 4.90 Å². The van der Waals surface area contributed by atoms with Gasteiger partial charge in [0.15, 0.2) is 0 Å². The molecule has 1 aromatic rings. The molecule has 2 amide bonds. The molecular weight excluding hydrogens is 242 g/mol. The van der Waals surface area contributed by atoms with Crippen LogP contribution in [0.2, 0.25) is 0 Å². The van der Waals surface area contributed by atoms with Crippen molar-refractivity contribution in [3.05, 3.63) is 35.4 Å². The van der Waals surface area contributed by atoms with E-state index in [1.54, 1.807) is 24.3 Å². The van der Waals surface area contributed by atoms with Crippen LogP contribution in [-0.2, 0) is 4.74 Å². The fourth-order valence-corrected chi connectivity index (χ4v) is 2.79. The highest BCUT2D eigenvalue weighted by molar-refractivity contribution is 6.21. The van der Waals surface area contributed by atoms with E-state index >= 15 is 0 Å². The third kappa shape index (κ3) is 2.28. The van der Waals surface area contributed by atoms with E-state index < -0.39 is 0 Å². The van der Waals surface area contributed by atoms with Crippen LogP contribution >= 0.6 is 0 Å². The molecule has 2 aliphatic heterocycles. The lowest BCUT2D eigenvalue weighted by molar-refractivity contribution is 0.0629. The molecule has 0 saturated carbocycles. The Morgan fingerprint density at radius 1 is 1.16 bits per heavy atom. The molecule has 0 radical (unpaired) electrons. The molecule has 1 fully saturated rings. The molecular formula is C15H17NO3. The average Bonchev–Trinajstić information content (AvgIpc) is 3.02. The van der Waals surface area contributed by atoms with Gasteiger partial charge in [0.25, 0.3) is 11.8 Å². The van der Waals surface area contributed by atoms with Crippen molar-refractivity contribution in [3.63, 3.8) is 0 Å². The first-order valence-corrected chi connectivity index (χ1v) is 6.84. The van der Waals surface area contributed by atoms with E-state index in [9.17, 15) is 9.59 Å². The lowest BCUT2D eigenvalue weighted by Crippen LogP contribution is -2.31.